The molecule has 19 heavy (non-hydrogen) atoms. The van der Waals surface area contributed by atoms with Crippen LogP contribution in [-0.4, -0.2) is 26.7 Å². The Morgan fingerprint density at radius 2 is 1.95 bits per heavy atom. The highest BCUT2D eigenvalue weighted by molar-refractivity contribution is 5.61. The zero-order valence-electron chi connectivity index (χ0n) is 13.2. The first-order chi connectivity index (χ1) is 9.10. The van der Waals surface area contributed by atoms with Gasteiger partial charge in [-0.2, -0.15) is 0 Å². The molecule has 0 bridgehead atoms. The van der Waals surface area contributed by atoms with Crippen LogP contribution >= 0.6 is 0 Å². The van der Waals surface area contributed by atoms with Crippen LogP contribution in [0.3, 0.4) is 0 Å². The lowest BCUT2D eigenvalue weighted by Gasteiger charge is -2.33. The molecule has 0 aliphatic carbocycles. The third-order valence-corrected chi connectivity index (χ3v) is 3.90. The van der Waals surface area contributed by atoms with E-state index in [1.807, 2.05) is 13.1 Å². The summed E-state index contributed by atoms with van der Waals surface area (Å²) >= 11 is 0. The molecule has 0 amide bonds. The molecule has 0 aliphatic rings. The summed E-state index contributed by atoms with van der Waals surface area (Å²) in [6, 6.07) is 7.10. The van der Waals surface area contributed by atoms with Gasteiger partial charge in [-0.25, -0.2) is 0 Å². The fourth-order valence-electron chi connectivity index (χ4n) is 2.48. The van der Waals surface area contributed by atoms with Crippen molar-refractivity contribution in [3.05, 3.63) is 23.8 Å². The van der Waals surface area contributed by atoms with Gasteiger partial charge >= 0.3 is 0 Å². The Kier molecular flexibility index (Phi) is 6.16. The number of benzene rings is 1. The van der Waals surface area contributed by atoms with E-state index in [0.29, 0.717) is 6.04 Å². The molecule has 0 heterocycles. The van der Waals surface area contributed by atoms with Gasteiger partial charge in [-0.05, 0) is 46.4 Å². The molecule has 0 aromatic heterocycles. The first kappa shape index (κ1) is 15.8. The van der Waals surface area contributed by atoms with Crippen molar-refractivity contribution in [2.45, 2.75) is 46.2 Å². The standard InChI is InChI=1S/C16H28N2O/c1-7-12(3)18(8-2)14-10-9-11-15(19-6)16(14)13(4)17-5/h9-13,17H,7-8H2,1-6H3. The fourth-order valence-corrected chi connectivity index (χ4v) is 2.48. The van der Waals surface area contributed by atoms with Crippen LogP contribution in [0.2, 0.25) is 0 Å². The zero-order valence-corrected chi connectivity index (χ0v) is 13.2. The average molecular weight is 264 g/mol. The van der Waals surface area contributed by atoms with E-state index in [1.54, 1.807) is 7.11 Å². The molecular formula is C16H28N2O. The molecule has 3 heteroatoms. The van der Waals surface area contributed by atoms with Crippen LogP contribution in [0.1, 0.15) is 45.7 Å². The van der Waals surface area contributed by atoms with E-state index in [-0.39, 0.29) is 6.04 Å². The lowest BCUT2D eigenvalue weighted by Crippen LogP contribution is -2.34. The minimum Gasteiger partial charge on any atom is -0.496 e. The van der Waals surface area contributed by atoms with Crippen molar-refractivity contribution in [3.63, 3.8) is 0 Å². The Balaban J connectivity index is 3.32. The molecule has 3 nitrogen and oxygen atoms in total. The highest BCUT2D eigenvalue weighted by Gasteiger charge is 2.20. The van der Waals surface area contributed by atoms with Crippen molar-refractivity contribution < 1.29 is 4.74 Å². The Hall–Kier alpha value is -1.22. The van der Waals surface area contributed by atoms with Crippen molar-refractivity contribution >= 4 is 5.69 Å². The maximum atomic E-state index is 5.55. The predicted molar refractivity (Wildman–Crippen MR) is 83.2 cm³/mol. The highest BCUT2D eigenvalue weighted by Crippen LogP contribution is 2.35. The van der Waals surface area contributed by atoms with E-state index < -0.39 is 0 Å². The Bertz CT molecular complexity index is 392. The van der Waals surface area contributed by atoms with Crippen LogP contribution in [0.15, 0.2) is 18.2 Å². The molecule has 2 unspecified atom stereocenters. The lowest BCUT2D eigenvalue weighted by molar-refractivity contribution is 0.403. The molecule has 1 aromatic carbocycles. The minimum absolute atomic E-state index is 0.268. The number of hydrogen-bond donors (Lipinski definition) is 1. The summed E-state index contributed by atoms with van der Waals surface area (Å²) < 4.78 is 5.55. The molecule has 1 rings (SSSR count). The first-order valence-corrected chi connectivity index (χ1v) is 7.21. The van der Waals surface area contributed by atoms with Crippen molar-refractivity contribution in [2.75, 3.05) is 25.6 Å². The third-order valence-electron chi connectivity index (χ3n) is 3.90. The molecule has 0 spiro atoms. The van der Waals surface area contributed by atoms with Gasteiger partial charge in [0.25, 0.3) is 0 Å². The van der Waals surface area contributed by atoms with Crippen molar-refractivity contribution in [1.29, 1.82) is 0 Å². The van der Waals surface area contributed by atoms with Crippen LogP contribution in [0, 0.1) is 0 Å². The van der Waals surface area contributed by atoms with E-state index >= 15 is 0 Å². The molecular weight excluding hydrogens is 236 g/mol. The molecule has 0 aliphatic heterocycles. The highest BCUT2D eigenvalue weighted by atomic mass is 16.5. The summed E-state index contributed by atoms with van der Waals surface area (Å²) in [5, 5.41) is 3.33. The quantitative estimate of drug-likeness (QED) is 0.814. The van der Waals surface area contributed by atoms with E-state index in [9.17, 15) is 0 Å². The maximum absolute atomic E-state index is 5.55. The molecule has 1 N–H and O–H groups in total. The molecule has 0 fully saturated rings. The van der Waals surface area contributed by atoms with Crippen molar-refractivity contribution in [2.24, 2.45) is 0 Å². The number of nitrogens with one attached hydrogen (secondary N) is 1. The van der Waals surface area contributed by atoms with Gasteiger partial charge in [0.15, 0.2) is 0 Å². The minimum atomic E-state index is 0.268. The molecule has 2 atom stereocenters. The third kappa shape index (κ3) is 3.41. The van der Waals surface area contributed by atoms with Gasteiger partial charge in [0.1, 0.15) is 5.75 Å². The monoisotopic (exact) mass is 264 g/mol. The van der Waals surface area contributed by atoms with Crippen LogP contribution in [0.4, 0.5) is 5.69 Å². The Labute approximate surface area is 118 Å². The van der Waals surface area contributed by atoms with Crippen molar-refractivity contribution in [1.82, 2.24) is 5.32 Å². The van der Waals surface area contributed by atoms with Crippen LogP contribution < -0.4 is 15.0 Å². The summed E-state index contributed by atoms with van der Waals surface area (Å²) in [4.78, 5) is 2.45. The summed E-state index contributed by atoms with van der Waals surface area (Å²) in [7, 11) is 3.73. The summed E-state index contributed by atoms with van der Waals surface area (Å²) in [6.45, 7) is 9.89. The largest absolute Gasteiger partial charge is 0.496 e. The van der Waals surface area contributed by atoms with E-state index in [1.165, 1.54) is 11.3 Å². The van der Waals surface area contributed by atoms with Gasteiger partial charge in [-0.3, -0.25) is 0 Å². The zero-order chi connectivity index (χ0) is 14.4. The van der Waals surface area contributed by atoms with Gasteiger partial charge in [0, 0.05) is 29.9 Å². The van der Waals surface area contributed by atoms with E-state index in [2.05, 4.69) is 50.0 Å². The van der Waals surface area contributed by atoms with Crippen molar-refractivity contribution in [3.8, 4) is 5.75 Å². The lowest BCUT2D eigenvalue weighted by atomic mass is 10.0. The summed E-state index contributed by atoms with van der Waals surface area (Å²) in [6.07, 6.45) is 1.14. The fraction of sp³-hybridized carbons (Fsp3) is 0.625. The van der Waals surface area contributed by atoms with Crippen LogP contribution in [-0.2, 0) is 0 Å². The van der Waals surface area contributed by atoms with Gasteiger partial charge in [0.2, 0.25) is 0 Å². The average Bonchev–Trinajstić information content (AvgIpc) is 2.46. The van der Waals surface area contributed by atoms with E-state index in [4.69, 9.17) is 4.74 Å². The molecule has 108 valence electrons. The number of anilines is 1. The van der Waals surface area contributed by atoms with Gasteiger partial charge in [-0.1, -0.05) is 13.0 Å². The smallest absolute Gasteiger partial charge is 0.125 e. The van der Waals surface area contributed by atoms with Crippen LogP contribution in [0.25, 0.3) is 0 Å². The summed E-state index contributed by atoms with van der Waals surface area (Å²) in [5.41, 5.74) is 2.52. The van der Waals surface area contributed by atoms with Gasteiger partial charge in [-0.15, -0.1) is 0 Å². The molecule has 1 aromatic rings. The Morgan fingerprint density at radius 1 is 1.26 bits per heavy atom. The second-order valence-electron chi connectivity index (χ2n) is 4.95. The number of methoxy groups -OCH3 is 1. The second kappa shape index (κ2) is 7.39. The predicted octanol–water partition coefficient (Wildman–Crippen LogP) is 3.60. The number of nitrogens with zero attached hydrogens (tertiary/aromatic N) is 1. The first-order valence-electron chi connectivity index (χ1n) is 7.21. The van der Waals surface area contributed by atoms with E-state index in [0.717, 1.165) is 18.7 Å². The number of hydrogen-bond acceptors (Lipinski definition) is 3. The SMILES string of the molecule is CCC(C)N(CC)c1cccc(OC)c1C(C)NC. The normalized spacial score (nSPS) is 14.0. The van der Waals surface area contributed by atoms with Gasteiger partial charge in [0.05, 0.1) is 7.11 Å². The number of ether oxygens (including phenoxy) is 1. The molecule has 0 radical (unpaired) electrons. The topological polar surface area (TPSA) is 24.5 Å². The summed E-state index contributed by atoms with van der Waals surface area (Å²) in [5.74, 6) is 0.959. The maximum Gasteiger partial charge on any atom is 0.125 e. The van der Waals surface area contributed by atoms with Gasteiger partial charge < -0.3 is 15.0 Å². The Morgan fingerprint density at radius 3 is 2.42 bits per heavy atom. The molecule has 0 saturated heterocycles. The van der Waals surface area contributed by atoms with Crippen LogP contribution in [0.5, 0.6) is 5.75 Å². The second-order valence-corrected chi connectivity index (χ2v) is 4.95. The number of rotatable bonds is 7. The molecule has 0 saturated carbocycles.